The van der Waals surface area contributed by atoms with Crippen LogP contribution in [0.4, 0.5) is 0 Å². The molecule has 1 aliphatic carbocycles. The van der Waals surface area contributed by atoms with Gasteiger partial charge in [-0.25, -0.2) is 0 Å². The first-order chi connectivity index (χ1) is 14.1. The van der Waals surface area contributed by atoms with Gasteiger partial charge in [0.1, 0.15) is 17.6 Å². The fourth-order valence-corrected chi connectivity index (χ4v) is 4.66. The van der Waals surface area contributed by atoms with E-state index >= 15 is 0 Å². The molecule has 0 spiro atoms. The summed E-state index contributed by atoms with van der Waals surface area (Å²) in [7, 11) is 0. The molecule has 2 aromatic rings. The number of hydrogen-bond donors (Lipinski definition) is 0. The standard InChI is InChI=1S/C24H31NO2.C2H6/c1-17-4-3-5-24(17)27-23-9-8-21-14-19(6-7-22(21)15-23)16-25-12-10-20(11-13-25)18(2)26;1-2/h6-9,14-15,17,20,24H,3-5,10-13,16H2,1-2H3;1-2H3. The van der Waals surface area contributed by atoms with E-state index in [0.717, 1.165) is 38.2 Å². The summed E-state index contributed by atoms with van der Waals surface area (Å²) < 4.78 is 6.24. The maximum Gasteiger partial charge on any atom is 0.133 e. The molecule has 29 heavy (non-hydrogen) atoms. The summed E-state index contributed by atoms with van der Waals surface area (Å²) in [6.45, 7) is 11.0. The Balaban J connectivity index is 0.00000117. The fraction of sp³-hybridized carbons (Fsp3) is 0.577. The van der Waals surface area contributed by atoms with Crippen molar-refractivity contribution in [2.75, 3.05) is 13.1 Å². The zero-order valence-corrected chi connectivity index (χ0v) is 18.6. The van der Waals surface area contributed by atoms with E-state index in [2.05, 4.69) is 48.2 Å². The van der Waals surface area contributed by atoms with E-state index in [9.17, 15) is 4.79 Å². The molecule has 2 fully saturated rings. The van der Waals surface area contributed by atoms with Crippen molar-refractivity contribution in [2.45, 2.75) is 72.4 Å². The summed E-state index contributed by atoms with van der Waals surface area (Å²) in [5, 5.41) is 2.52. The number of carbonyl (C=O) groups is 1. The number of nitrogens with zero attached hydrogens (tertiary/aromatic N) is 1. The van der Waals surface area contributed by atoms with Gasteiger partial charge in [0, 0.05) is 12.5 Å². The van der Waals surface area contributed by atoms with Gasteiger partial charge in [0.2, 0.25) is 0 Å². The average Bonchev–Trinajstić information content (AvgIpc) is 3.14. The van der Waals surface area contributed by atoms with E-state index in [0.29, 0.717) is 17.8 Å². The Labute approximate surface area is 176 Å². The van der Waals surface area contributed by atoms with Crippen LogP contribution in [0.3, 0.4) is 0 Å². The quantitative estimate of drug-likeness (QED) is 0.600. The van der Waals surface area contributed by atoms with Crippen LogP contribution >= 0.6 is 0 Å². The first kappa shape index (κ1) is 21.8. The molecule has 2 unspecified atom stereocenters. The minimum Gasteiger partial charge on any atom is -0.490 e. The predicted octanol–water partition coefficient (Wildman–Crippen LogP) is 6.23. The van der Waals surface area contributed by atoms with E-state index in [1.165, 1.54) is 35.6 Å². The Kier molecular flexibility index (Phi) is 7.71. The second kappa shape index (κ2) is 10.2. The molecule has 0 aromatic heterocycles. The van der Waals surface area contributed by atoms with Crippen LogP contribution in [0.25, 0.3) is 10.8 Å². The highest BCUT2D eigenvalue weighted by Crippen LogP contribution is 2.31. The maximum absolute atomic E-state index is 11.5. The number of rotatable bonds is 5. The topological polar surface area (TPSA) is 29.5 Å². The molecule has 1 saturated heterocycles. The first-order valence-electron chi connectivity index (χ1n) is 11.5. The molecule has 2 aliphatic rings. The van der Waals surface area contributed by atoms with Crippen LogP contribution in [0, 0.1) is 11.8 Å². The fourth-order valence-electron chi connectivity index (χ4n) is 4.66. The van der Waals surface area contributed by atoms with Crippen LogP contribution in [0.2, 0.25) is 0 Å². The number of carbonyl (C=O) groups excluding carboxylic acids is 1. The summed E-state index contributed by atoms with van der Waals surface area (Å²) in [5.41, 5.74) is 1.35. The van der Waals surface area contributed by atoms with Crippen molar-refractivity contribution in [1.29, 1.82) is 0 Å². The van der Waals surface area contributed by atoms with Crippen LogP contribution in [-0.4, -0.2) is 29.9 Å². The van der Waals surface area contributed by atoms with Gasteiger partial charge in [0.25, 0.3) is 0 Å². The number of fused-ring (bicyclic) bond motifs is 1. The van der Waals surface area contributed by atoms with Crippen LogP contribution < -0.4 is 4.74 Å². The molecule has 0 amide bonds. The molecule has 0 bridgehead atoms. The minimum absolute atomic E-state index is 0.277. The third kappa shape index (κ3) is 5.60. The van der Waals surface area contributed by atoms with Crippen molar-refractivity contribution in [3.05, 3.63) is 42.0 Å². The molecule has 158 valence electrons. The smallest absolute Gasteiger partial charge is 0.133 e. The van der Waals surface area contributed by atoms with Crippen LogP contribution in [0.15, 0.2) is 36.4 Å². The number of Topliss-reactive ketones (excluding diaryl/α,β-unsaturated/α-hetero) is 1. The van der Waals surface area contributed by atoms with Crippen LogP contribution in [-0.2, 0) is 11.3 Å². The molecule has 3 heteroatoms. The van der Waals surface area contributed by atoms with E-state index in [1.807, 2.05) is 13.8 Å². The van der Waals surface area contributed by atoms with Crippen LogP contribution in [0.1, 0.15) is 65.4 Å². The second-order valence-electron chi connectivity index (χ2n) is 8.57. The minimum atomic E-state index is 0.277. The normalized spacial score (nSPS) is 22.9. The van der Waals surface area contributed by atoms with Crippen molar-refractivity contribution in [3.8, 4) is 5.75 Å². The molecule has 0 radical (unpaired) electrons. The van der Waals surface area contributed by atoms with Gasteiger partial charge in [-0.15, -0.1) is 0 Å². The molecule has 1 aliphatic heterocycles. The first-order valence-corrected chi connectivity index (χ1v) is 11.5. The van der Waals surface area contributed by atoms with Gasteiger partial charge in [-0.05, 0) is 92.6 Å². The van der Waals surface area contributed by atoms with Gasteiger partial charge in [-0.1, -0.05) is 39.0 Å². The summed E-state index contributed by atoms with van der Waals surface area (Å²) in [6, 6.07) is 13.3. The third-order valence-corrected chi connectivity index (χ3v) is 6.52. The second-order valence-corrected chi connectivity index (χ2v) is 8.57. The Bertz CT molecular complexity index is 807. The molecule has 1 heterocycles. The lowest BCUT2D eigenvalue weighted by atomic mass is 9.93. The van der Waals surface area contributed by atoms with Gasteiger partial charge in [-0.3, -0.25) is 9.69 Å². The number of likely N-dealkylation sites (tertiary alicyclic amines) is 1. The number of benzene rings is 2. The predicted molar refractivity (Wildman–Crippen MR) is 121 cm³/mol. The zero-order chi connectivity index (χ0) is 20.8. The van der Waals surface area contributed by atoms with E-state index in [4.69, 9.17) is 4.74 Å². The molecular weight excluding hydrogens is 358 g/mol. The molecule has 4 rings (SSSR count). The molecule has 2 aromatic carbocycles. The Morgan fingerprint density at radius 2 is 1.69 bits per heavy atom. The average molecular weight is 396 g/mol. The van der Waals surface area contributed by atoms with Crippen molar-refractivity contribution >= 4 is 16.6 Å². The highest BCUT2D eigenvalue weighted by atomic mass is 16.5. The van der Waals surface area contributed by atoms with Gasteiger partial charge < -0.3 is 4.74 Å². The maximum atomic E-state index is 11.5. The van der Waals surface area contributed by atoms with Gasteiger partial charge in [0.05, 0.1) is 0 Å². The Morgan fingerprint density at radius 3 is 2.34 bits per heavy atom. The summed E-state index contributed by atoms with van der Waals surface area (Å²) in [5.74, 6) is 2.29. The molecule has 2 atom stereocenters. The van der Waals surface area contributed by atoms with Gasteiger partial charge >= 0.3 is 0 Å². The largest absolute Gasteiger partial charge is 0.490 e. The number of ketones is 1. The number of ether oxygens (including phenoxy) is 1. The molecule has 3 nitrogen and oxygen atoms in total. The summed E-state index contributed by atoms with van der Waals surface area (Å²) >= 11 is 0. The van der Waals surface area contributed by atoms with Crippen LogP contribution in [0.5, 0.6) is 5.75 Å². The lowest BCUT2D eigenvalue weighted by Gasteiger charge is -2.30. The van der Waals surface area contributed by atoms with Crippen molar-refractivity contribution in [3.63, 3.8) is 0 Å². The van der Waals surface area contributed by atoms with Crippen molar-refractivity contribution in [2.24, 2.45) is 11.8 Å². The third-order valence-electron chi connectivity index (χ3n) is 6.52. The SMILES string of the molecule is CC.CC(=O)C1CCN(Cc2ccc3cc(OC4CCCC4C)ccc3c2)CC1. The highest BCUT2D eigenvalue weighted by molar-refractivity contribution is 5.84. The molecular formula is C26H37NO2. The monoisotopic (exact) mass is 395 g/mol. The van der Waals surface area contributed by atoms with E-state index < -0.39 is 0 Å². The zero-order valence-electron chi connectivity index (χ0n) is 18.6. The number of piperidine rings is 1. The highest BCUT2D eigenvalue weighted by Gasteiger charge is 2.25. The van der Waals surface area contributed by atoms with Crippen molar-refractivity contribution in [1.82, 2.24) is 4.90 Å². The molecule has 1 saturated carbocycles. The van der Waals surface area contributed by atoms with Gasteiger partial charge in [0.15, 0.2) is 0 Å². The van der Waals surface area contributed by atoms with E-state index in [1.54, 1.807) is 6.92 Å². The molecule has 0 N–H and O–H groups in total. The number of hydrogen-bond acceptors (Lipinski definition) is 3. The Morgan fingerprint density at radius 1 is 1.00 bits per heavy atom. The Hall–Kier alpha value is -1.87. The lowest BCUT2D eigenvalue weighted by molar-refractivity contribution is -0.122. The van der Waals surface area contributed by atoms with Crippen molar-refractivity contribution < 1.29 is 9.53 Å². The van der Waals surface area contributed by atoms with Gasteiger partial charge in [-0.2, -0.15) is 0 Å². The summed E-state index contributed by atoms with van der Waals surface area (Å²) in [4.78, 5) is 14.0. The lowest BCUT2D eigenvalue weighted by Crippen LogP contribution is -2.35. The van der Waals surface area contributed by atoms with E-state index in [-0.39, 0.29) is 5.92 Å². The summed E-state index contributed by atoms with van der Waals surface area (Å²) in [6.07, 6.45) is 6.13.